The van der Waals surface area contributed by atoms with Crippen molar-refractivity contribution in [2.75, 3.05) is 6.54 Å². The van der Waals surface area contributed by atoms with Gasteiger partial charge in [-0.05, 0) is 47.4 Å². The molecule has 6 rings (SSSR count). The number of benzene rings is 3. The third-order valence-electron chi connectivity index (χ3n) is 6.78. The molecule has 5 nitrogen and oxygen atoms in total. The minimum absolute atomic E-state index is 0.0854. The molecule has 2 N–H and O–H groups in total. The van der Waals surface area contributed by atoms with E-state index in [9.17, 15) is 9.59 Å². The number of H-pyrrole nitrogens is 1. The number of rotatable bonds is 4. The van der Waals surface area contributed by atoms with Crippen molar-refractivity contribution in [3.05, 3.63) is 106 Å². The molecule has 0 unspecified atom stereocenters. The maximum absolute atomic E-state index is 13.4. The second-order valence-electron chi connectivity index (χ2n) is 8.65. The molecule has 0 saturated heterocycles. The highest BCUT2D eigenvalue weighted by Gasteiger charge is 2.48. The fourth-order valence-corrected chi connectivity index (χ4v) is 5.36. The summed E-state index contributed by atoms with van der Waals surface area (Å²) in [5.41, 5.74) is 5.89. The van der Waals surface area contributed by atoms with Gasteiger partial charge in [0.15, 0.2) is 0 Å². The Labute approximate surface area is 196 Å². The molecule has 2 atom stereocenters. The van der Waals surface area contributed by atoms with Gasteiger partial charge in [-0.15, -0.1) is 0 Å². The number of aromatic nitrogens is 1. The van der Waals surface area contributed by atoms with Crippen molar-refractivity contribution in [3.8, 4) is 0 Å². The first-order valence-electron chi connectivity index (χ1n) is 11.1. The molecule has 1 aromatic heterocycles. The predicted molar refractivity (Wildman–Crippen MR) is 128 cm³/mol. The van der Waals surface area contributed by atoms with Crippen LogP contribution in [0.3, 0.4) is 0 Å². The van der Waals surface area contributed by atoms with Crippen LogP contribution < -0.4 is 5.32 Å². The van der Waals surface area contributed by atoms with Crippen molar-refractivity contribution < 1.29 is 9.59 Å². The molecule has 2 amide bonds. The maximum atomic E-state index is 13.4. The van der Waals surface area contributed by atoms with Crippen molar-refractivity contribution in [3.63, 3.8) is 0 Å². The third-order valence-corrected chi connectivity index (χ3v) is 7.03. The third kappa shape index (κ3) is 3.23. The van der Waals surface area contributed by atoms with Gasteiger partial charge in [-0.3, -0.25) is 9.59 Å². The van der Waals surface area contributed by atoms with Gasteiger partial charge in [-0.2, -0.15) is 0 Å². The lowest BCUT2D eigenvalue weighted by molar-refractivity contribution is -0.126. The normalized spacial score (nSPS) is 18.7. The van der Waals surface area contributed by atoms with Crippen LogP contribution in [0.1, 0.15) is 38.8 Å². The second kappa shape index (κ2) is 7.78. The molecule has 3 heterocycles. The Balaban J connectivity index is 1.34. The quantitative estimate of drug-likeness (QED) is 0.470. The van der Waals surface area contributed by atoms with Gasteiger partial charge >= 0.3 is 0 Å². The van der Waals surface area contributed by atoms with Crippen LogP contribution in [0, 0.1) is 0 Å². The molecule has 0 aliphatic carbocycles. The van der Waals surface area contributed by atoms with E-state index in [2.05, 4.69) is 16.4 Å². The second-order valence-corrected chi connectivity index (χ2v) is 9.09. The van der Waals surface area contributed by atoms with Crippen molar-refractivity contribution in [1.29, 1.82) is 0 Å². The van der Waals surface area contributed by atoms with E-state index in [4.69, 9.17) is 11.6 Å². The molecule has 6 heteroatoms. The number of hydrogen-bond acceptors (Lipinski definition) is 2. The fourth-order valence-electron chi connectivity index (χ4n) is 5.24. The lowest BCUT2D eigenvalue weighted by Gasteiger charge is -2.37. The number of carbonyl (C=O) groups excluding carboxylic acids is 2. The first kappa shape index (κ1) is 20.1. The Morgan fingerprint density at radius 2 is 1.79 bits per heavy atom. The summed E-state index contributed by atoms with van der Waals surface area (Å²) < 4.78 is 0. The molecule has 4 aromatic rings. The monoisotopic (exact) mass is 455 g/mol. The summed E-state index contributed by atoms with van der Waals surface area (Å²) in [6.45, 7) is 0.497. The minimum atomic E-state index is -0.563. The Hall–Kier alpha value is -3.57. The molecule has 3 aromatic carbocycles. The van der Waals surface area contributed by atoms with E-state index < -0.39 is 6.04 Å². The first-order valence-corrected chi connectivity index (χ1v) is 11.5. The fraction of sp³-hybridized carbons (Fsp3) is 0.185. The molecule has 164 valence electrons. The highest BCUT2D eigenvalue weighted by molar-refractivity contribution is 6.30. The van der Waals surface area contributed by atoms with Crippen LogP contribution in [0.4, 0.5) is 0 Å². The van der Waals surface area contributed by atoms with E-state index >= 15 is 0 Å². The number of fused-ring (bicyclic) bond motifs is 7. The van der Waals surface area contributed by atoms with Crippen LogP contribution in [0.2, 0.25) is 5.02 Å². The van der Waals surface area contributed by atoms with Crippen LogP contribution in [-0.2, 0) is 17.6 Å². The molecule has 2 aliphatic heterocycles. The number of hydrogen-bond donors (Lipinski definition) is 2. The summed E-state index contributed by atoms with van der Waals surface area (Å²) in [5, 5.41) is 4.88. The van der Waals surface area contributed by atoms with Crippen molar-refractivity contribution in [1.82, 2.24) is 15.2 Å². The molecule has 33 heavy (non-hydrogen) atoms. The van der Waals surface area contributed by atoms with Crippen LogP contribution in [0.25, 0.3) is 10.9 Å². The standard InChI is InChI=1S/C27H22ClN3O2/c28-17-11-9-16(10-12-17)13-14-29-26(32)23-15-21-18-5-3-4-8-22(18)30-24(21)25-19-6-1-2-7-20(19)27(33)31(23)25/h1-12,23,25,30H,13-15H2,(H,29,32)/t23-,25+/m0/s1. The Morgan fingerprint density at radius 3 is 2.64 bits per heavy atom. The predicted octanol–water partition coefficient (Wildman–Crippen LogP) is 4.65. The largest absolute Gasteiger partial charge is 0.356 e. The summed E-state index contributed by atoms with van der Waals surface area (Å²) in [7, 11) is 0. The Kier molecular flexibility index (Phi) is 4.73. The minimum Gasteiger partial charge on any atom is -0.356 e. The van der Waals surface area contributed by atoms with Crippen LogP contribution in [0.5, 0.6) is 0 Å². The van der Waals surface area contributed by atoms with Crippen molar-refractivity contribution in [2.24, 2.45) is 0 Å². The van der Waals surface area contributed by atoms with E-state index in [1.54, 1.807) is 4.90 Å². The molecule has 0 spiro atoms. The highest BCUT2D eigenvalue weighted by atomic mass is 35.5. The Morgan fingerprint density at radius 1 is 1.03 bits per heavy atom. The van der Waals surface area contributed by atoms with Gasteiger partial charge in [0.25, 0.3) is 5.91 Å². The van der Waals surface area contributed by atoms with Crippen molar-refractivity contribution >= 4 is 34.3 Å². The van der Waals surface area contributed by atoms with Crippen LogP contribution in [0.15, 0.2) is 72.8 Å². The van der Waals surface area contributed by atoms with Crippen LogP contribution >= 0.6 is 11.6 Å². The van der Waals surface area contributed by atoms with E-state index in [0.29, 0.717) is 30.0 Å². The molecule has 0 saturated carbocycles. The molecule has 0 fully saturated rings. The topological polar surface area (TPSA) is 65.2 Å². The number of carbonyl (C=O) groups is 2. The number of para-hydroxylation sites is 1. The average molecular weight is 456 g/mol. The highest BCUT2D eigenvalue weighted by Crippen LogP contribution is 2.46. The van der Waals surface area contributed by atoms with E-state index in [0.717, 1.165) is 33.3 Å². The van der Waals surface area contributed by atoms with Gasteiger partial charge in [-0.1, -0.05) is 60.1 Å². The Bertz CT molecular complexity index is 1390. The molecular formula is C27H22ClN3O2. The average Bonchev–Trinajstić information content (AvgIpc) is 3.36. The lowest BCUT2D eigenvalue weighted by Crippen LogP contribution is -2.52. The molecular weight excluding hydrogens is 434 g/mol. The van der Waals surface area contributed by atoms with E-state index in [1.807, 2.05) is 66.7 Å². The maximum Gasteiger partial charge on any atom is 0.255 e. The lowest BCUT2D eigenvalue weighted by atomic mass is 9.90. The van der Waals surface area contributed by atoms with Gasteiger partial charge in [0, 0.05) is 40.1 Å². The smallest absolute Gasteiger partial charge is 0.255 e. The molecule has 0 bridgehead atoms. The van der Waals surface area contributed by atoms with Gasteiger partial charge in [-0.25, -0.2) is 0 Å². The number of aromatic amines is 1. The summed E-state index contributed by atoms with van der Waals surface area (Å²) in [6, 6.07) is 22.6. The van der Waals surface area contributed by atoms with E-state index in [1.165, 1.54) is 0 Å². The van der Waals surface area contributed by atoms with Crippen LogP contribution in [-0.4, -0.2) is 34.3 Å². The van der Waals surface area contributed by atoms with E-state index in [-0.39, 0.29) is 17.9 Å². The van der Waals surface area contributed by atoms with Gasteiger partial charge in [0.1, 0.15) is 6.04 Å². The van der Waals surface area contributed by atoms with Gasteiger partial charge in [0.05, 0.1) is 6.04 Å². The summed E-state index contributed by atoms with van der Waals surface area (Å²) >= 11 is 5.96. The number of halogens is 1. The zero-order valence-corrected chi connectivity index (χ0v) is 18.6. The zero-order chi connectivity index (χ0) is 22.5. The SMILES string of the molecule is O=C(NCCc1ccc(Cl)cc1)[C@@H]1Cc2c([nH]c3ccccc23)[C@H]2c3ccccc3C(=O)N21. The number of amides is 2. The zero-order valence-electron chi connectivity index (χ0n) is 17.8. The van der Waals surface area contributed by atoms with Crippen molar-refractivity contribution in [2.45, 2.75) is 24.9 Å². The number of nitrogens with zero attached hydrogens (tertiary/aromatic N) is 1. The van der Waals surface area contributed by atoms with Gasteiger partial charge in [0.2, 0.25) is 5.91 Å². The summed E-state index contributed by atoms with van der Waals surface area (Å²) in [5.74, 6) is -0.205. The molecule has 2 aliphatic rings. The summed E-state index contributed by atoms with van der Waals surface area (Å²) in [6.07, 6.45) is 1.19. The summed E-state index contributed by atoms with van der Waals surface area (Å²) in [4.78, 5) is 32.1. The van der Waals surface area contributed by atoms with Gasteiger partial charge < -0.3 is 15.2 Å². The first-order chi connectivity index (χ1) is 16.1. The molecule has 0 radical (unpaired) electrons. The number of nitrogens with one attached hydrogen (secondary N) is 2.